The molecule has 14 heavy (non-hydrogen) atoms. The second-order valence-electron chi connectivity index (χ2n) is 2.49. The van der Waals surface area contributed by atoms with Crippen LogP contribution in [0.3, 0.4) is 0 Å². The van der Waals surface area contributed by atoms with E-state index in [0.29, 0.717) is 5.56 Å². The van der Waals surface area contributed by atoms with Crippen molar-refractivity contribution in [1.82, 2.24) is 0 Å². The van der Waals surface area contributed by atoms with Gasteiger partial charge in [-0.15, -0.1) is 3.89 Å². The first-order valence-electron chi connectivity index (χ1n) is 4.06. The largest absolute Gasteiger partial charge is 0.397 e. The molecular formula is C9H13FO3S. The highest BCUT2D eigenvalue weighted by molar-refractivity contribution is 7.85. The number of rotatable bonds is 2. The minimum Gasteiger partial charge on any atom is -0.397 e. The Balaban J connectivity index is 0.000000500. The molecular weight excluding hydrogens is 207 g/mol. The van der Waals surface area contributed by atoms with Gasteiger partial charge in [-0.3, -0.25) is 0 Å². The van der Waals surface area contributed by atoms with Crippen LogP contribution in [0.15, 0.2) is 30.3 Å². The van der Waals surface area contributed by atoms with Crippen LogP contribution in [-0.2, 0) is 16.0 Å². The van der Waals surface area contributed by atoms with E-state index in [4.69, 9.17) is 5.11 Å². The first-order chi connectivity index (χ1) is 6.49. The number of aliphatic hydroxyl groups excluding tert-OH is 1. The van der Waals surface area contributed by atoms with Gasteiger partial charge in [0.15, 0.2) is 0 Å². The van der Waals surface area contributed by atoms with E-state index in [-0.39, 0.29) is 6.61 Å². The van der Waals surface area contributed by atoms with Crippen molar-refractivity contribution < 1.29 is 17.4 Å². The number of hydrogen-bond acceptors (Lipinski definition) is 3. The standard InChI is InChI=1S/C7H7FO2S.C2H6O/c8-11(9,10)6-7-4-2-1-3-5-7;1-2-3/h1-5H,6H2;3H,2H2,1H3. The van der Waals surface area contributed by atoms with Crippen LogP contribution in [0, 0.1) is 0 Å². The summed E-state index contributed by atoms with van der Waals surface area (Å²) in [5, 5.41) is 7.57. The number of aliphatic hydroxyl groups is 1. The Morgan fingerprint density at radius 2 is 1.71 bits per heavy atom. The van der Waals surface area contributed by atoms with E-state index < -0.39 is 16.0 Å². The van der Waals surface area contributed by atoms with Gasteiger partial charge in [0.25, 0.3) is 0 Å². The van der Waals surface area contributed by atoms with Gasteiger partial charge in [-0.2, -0.15) is 8.42 Å². The third-order valence-electron chi connectivity index (χ3n) is 1.18. The van der Waals surface area contributed by atoms with Crippen molar-refractivity contribution in [2.24, 2.45) is 0 Å². The molecule has 0 saturated heterocycles. The average molecular weight is 220 g/mol. The van der Waals surface area contributed by atoms with Crippen molar-refractivity contribution >= 4 is 10.2 Å². The molecule has 1 aromatic rings. The lowest BCUT2D eigenvalue weighted by molar-refractivity contribution is 0.318. The minimum absolute atomic E-state index is 0.250. The van der Waals surface area contributed by atoms with Crippen LogP contribution in [0.1, 0.15) is 12.5 Å². The highest BCUT2D eigenvalue weighted by Gasteiger charge is 2.06. The van der Waals surface area contributed by atoms with E-state index in [1.54, 1.807) is 37.3 Å². The molecule has 0 aromatic heterocycles. The van der Waals surface area contributed by atoms with Gasteiger partial charge in [0, 0.05) is 6.61 Å². The molecule has 1 rings (SSSR count). The van der Waals surface area contributed by atoms with E-state index in [2.05, 4.69) is 0 Å². The normalized spacial score (nSPS) is 10.2. The lowest BCUT2D eigenvalue weighted by Gasteiger charge is -1.93. The SMILES string of the molecule is CCO.O=S(=O)(F)Cc1ccccc1. The summed E-state index contributed by atoms with van der Waals surface area (Å²) in [6, 6.07) is 8.21. The molecule has 80 valence electrons. The molecule has 0 spiro atoms. The topological polar surface area (TPSA) is 54.4 Å². The highest BCUT2D eigenvalue weighted by atomic mass is 32.3. The van der Waals surface area contributed by atoms with Gasteiger partial charge in [0.1, 0.15) is 5.75 Å². The summed E-state index contributed by atoms with van der Waals surface area (Å²) < 4.78 is 32.3. The zero-order chi connectivity index (χ0) is 11.0. The molecule has 0 saturated carbocycles. The summed E-state index contributed by atoms with van der Waals surface area (Å²) in [6.07, 6.45) is 0. The van der Waals surface area contributed by atoms with Gasteiger partial charge in [-0.1, -0.05) is 30.3 Å². The van der Waals surface area contributed by atoms with Crippen molar-refractivity contribution in [2.75, 3.05) is 6.61 Å². The van der Waals surface area contributed by atoms with E-state index in [0.717, 1.165) is 0 Å². The van der Waals surface area contributed by atoms with Gasteiger partial charge < -0.3 is 5.11 Å². The fourth-order valence-corrected chi connectivity index (χ4v) is 1.36. The van der Waals surface area contributed by atoms with Crippen LogP contribution in [0.4, 0.5) is 3.89 Å². The van der Waals surface area contributed by atoms with Gasteiger partial charge in [0.05, 0.1) is 0 Å². The minimum atomic E-state index is -4.38. The molecule has 0 atom stereocenters. The fraction of sp³-hybridized carbons (Fsp3) is 0.333. The zero-order valence-corrected chi connectivity index (χ0v) is 8.67. The fourth-order valence-electron chi connectivity index (χ4n) is 0.773. The summed E-state index contributed by atoms with van der Waals surface area (Å²) in [7, 11) is -4.38. The predicted octanol–water partition coefficient (Wildman–Crippen LogP) is 1.48. The van der Waals surface area contributed by atoms with Crippen molar-refractivity contribution in [2.45, 2.75) is 12.7 Å². The van der Waals surface area contributed by atoms with Crippen LogP contribution >= 0.6 is 0 Å². The van der Waals surface area contributed by atoms with E-state index in [1.807, 2.05) is 0 Å². The molecule has 0 heterocycles. The summed E-state index contributed by atoms with van der Waals surface area (Å²) in [5.74, 6) is -0.534. The van der Waals surface area contributed by atoms with Crippen LogP contribution in [0.5, 0.6) is 0 Å². The van der Waals surface area contributed by atoms with E-state index >= 15 is 0 Å². The highest BCUT2D eigenvalue weighted by Crippen LogP contribution is 2.05. The van der Waals surface area contributed by atoms with Crippen molar-refractivity contribution in [1.29, 1.82) is 0 Å². The quantitative estimate of drug-likeness (QED) is 0.768. The molecule has 3 nitrogen and oxygen atoms in total. The molecule has 0 aliphatic carbocycles. The Morgan fingerprint density at radius 1 is 1.29 bits per heavy atom. The van der Waals surface area contributed by atoms with Gasteiger partial charge >= 0.3 is 10.2 Å². The second kappa shape index (κ2) is 6.50. The van der Waals surface area contributed by atoms with Crippen molar-refractivity contribution in [3.05, 3.63) is 35.9 Å². The molecule has 0 unspecified atom stereocenters. The maximum Gasteiger partial charge on any atom is 0.306 e. The molecule has 0 aliphatic heterocycles. The Kier molecular flexibility index (Phi) is 6.07. The number of benzene rings is 1. The third kappa shape index (κ3) is 7.70. The molecule has 5 heteroatoms. The smallest absolute Gasteiger partial charge is 0.306 e. The van der Waals surface area contributed by atoms with Gasteiger partial charge in [-0.25, -0.2) is 0 Å². The molecule has 0 aliphatic rings. The Morgan fingerprint density at radius 3 is 2.07 bits per heavy atom. The van der Waals surface area contributed by atoms with Crippen LogP contribution in [0.25, 0.3) is 0 Å². The molecule has 1 aromatic carbocycles. The predicted molar refractivity (Wildman–Crippen MR) is 52.9 cm³/mol. The Bertz CT molecular complexity index is 334. The molecule has 0 bridgehead atoms. The zero-order valence-electron chi connectivity index (χ0n) is 7.85. The summed E-state index contributed by atoms with van der Waals surface area (Å²) in [4.78, 5) is 0. The first kappa shape index (κ1) is 13.1. The average Bonchev–Trinajstić information content (AvgIpc) is 2.04. The number of hydrogen-bond donors (Lipinski definition) is 1. The van der Waals surface area contributed by atoms with Crippen molar-refractivity contribution in [3.8, 4) is 0 Å². The van der Waals surface area contributed by atoms with Crippen molar-refractivity contribution in [3.63, 3.8) is 0 Å². The maximum atomic E-state index is 12.0. The lowest BCUT2D eigenvalue weighted by Crippen LogP contribution is -1.94. The Hall–Kier alpha value is -0.940. The summed E-state index contributed by atoms with van der Waals surface area (Å²) in [5.41, 5.74) is 0.468. The first-order valence-corrected chi connectivity index (χ1v) is 5.62. The summed E-state index contributed by atoms with van der Waals surface area (Å²) in [6.45, 7) is 1.93. The monoisotopic (exact) mass is 220 g/mol. The van der Waals surface area contributed by atoms with Crippen LogP contribution < -0.4 is 0 Å². The van der Waals surface area contributed by atoms with Gasteiger partial charge in [-0.05, 0) is 12.5 Å². The van der Waals surface area contributed by atoms with E-state index in [1.165, 1.54) is 0 Å². The lowest BCUT2D eigenvalue weighted by atomic mass is 10.2. The molecule has 0 fully saturated rings. The molecule has 0 radical (unpaired) electrons. The summed E-state index contributed by atoms with van der Waals surface area (Å²) >= 11 is 0. The second-order valence-corrected chi connectivity index (χ2v) is 3.85. The third-order valence-corrected chi connectivity index (χ3v) is 1.86. The number of halogens is 1. The molecule has 1 N–H and O–H groups in total. The van der Waals surface area contributed by atoms with Crippen LogP contribution in [-0.4, -0.2) is 20.1 Å². The molecule has 0 amide bonds. The van der Waals surface area contributed by atoms with E-state index in [9.17, 15) is 12.3 Å². The van der Waals surface area contributed by atoms with Crippen LogP contribution in [0.2, 0.25) is 0 Å². The Labute approximate surface area is 83.4 Å². The van der Waals surface area contributed by atoms with Gasteiger partial charge in [0.2, 0.25) is 0 Å². The maximum absolute atomic E-state index is 12.0.